The lowest BCUT2D eigenvalue weighted by Gasteiger charge is -2.39. The van der Waals surface area contributed by atoms with E-state index in [1.807, 2.05) is 25.1 Å². The second-order valence-corrected chi connectivity index (χ2v) is 10.3. The topological polar surface area (TPSA) is 49.9 Å². The van der Waals surface area contributed by atoms with Gasteiger partial charge in [0.25, 0.3) is 10.0 Å². The summed E-state index contributed by atoms with van der Waals surface area (Å²) in [7, 11) is -2.14. The van der Waals surface area contributed by atoms with Gasteiger partial charge in [-0.2, -0.15) is 0 Å². The number of nitrogens with zero attached hydrogens (tertiary/aromatic N) is 2. The highest BCUT2D eigenvalue weighted by molar-refractivity contribution is 7.92. The largest absolute Gasteiger partial charge is 0.497 e. The summed E-state index contributed by atoms with van der Waals surface area (Å²) in [6.45, 7) is 4.24. The van der Waals surface area contributed by atoms with Crippen molar-refractivity contribution in [3.05, 3.63) is 89.7 Å². The molecule has 5 nitrogen and oxygen atoms in total. The van der Waals surface area contributed by atoms with E-state index in [1.165, 1.54) is 16.4 Å². The summed E-state index contributed by atoms with van der Waals surface area (Å²) >= 11 is 0. The van der Waals surface area contributed by atoms with E-state index in [-0.39, 0.29) is 16.8 Å². The number of ether oxygens (including phenoxy) is 1. The molecule has 1 fully saturated rings. The van der Waals surface area contributed by atoms with Crippen molar-refractivity contribution >= 4 is 15.7 Å². The third-order valence-electron chi connectivity index (χ3n) is 6.09. The first-order chi connectivity index (χ1) is 15.9. The zero-order chi connectivity index (χ0) is 23.4. The predicted octanol–water partition coefficient (Wildman–Crippen LogP) is 5.00. The number of hydrogen-bond donors (Lipinski definition) is 0. The molecular formula is C26H29FN2O3S. The number of aryl methyl sites for hydroxylation is 1. The molecule has 0 unspecified atom stereocenters. The Morgan fingerprint density at radius 1 is 1.00 bits per heavy atom. The number of sulfonamides is 1. The van der Waals surface area contributed by atoms with Gasteiger partial charge in [-0.25, -0.2) is 12.8 Å². The van der Waals surface area contributed by atoms with Crippen LogP contribution in [0.15, 0.2) is 77.7 Å². The minimum absolute atomic E-state index is 0.205. The molecule has 7 heteroatoms. The summed E-state index contributed by atoms with van der Waals surface area (Å²) in [4.78, 5) is 2.57. The van der Waals surface area contributed by atoms with Crippen LogP contribution >= 0.6 is 0 Å². The van der Waals surface area contributed by atoms with Gasteiger partial charge in [-0.1, -0.05) is 29.8 Å². The fraction of sp³-hybridized carbons (Fsp3) is 0.308. The van der Waals surface area contributed by atoms with E-state index in [9.17, 15) is 12.8 Å². The van der Waals surface area contributed by atoms with Gasteiger partial charge in [0.1, 0.15) is 11.6 Å². The van der Waals surface area contributed by atoms with Crippen molar-refractivity contribution in [2.24, 2.45) is 0 Å². The number of hydrogen-bond acceptors (Lipinski definition) is 4. The van der Waals surface area contributed by atoms with E-state index < -0.39 is 10.0 Å². The van der Waals surface area contributed by atoms with Crippen LogP contribution in [0.4, 0.5) is 10.1 Å². The van der Waals surface area contributed by atoms with Gasteiger partial charge in [-0.05, 0) is 73.9 Å². The molecule has 1 aliphatic rings. The van der Waals surface area contributed by atoms with Gasteiger partial charge >= 0.3 is 0 Å². The average molecular weight is 469 g/mol. The van der Waals surface area contributed by atoms with Crippen LogP contribution in [0.2, 0.25) is 0 Å². The lowest BCUT2D eigenvalue weighted by atomic mass is 10.0. The number of methoxy groups -OCH3 is 1. The van der Waals surface area contributed by atoms with Crippen LogP contribution in [-0.4, -0.2) is 39.6 Å². The van der Waals surface area contributed by atoms with Crippen molar-refractivity contribution < 1.29 is 17.5 Å². The first-order valence-electron chi connectivity index (χ1n) is 11.1. The quantitative estimate of drug-likeness (QED) is 0.490. The van der Waals surface area contributed by atoms with Gasteiger partial charge in [-0.3, -0.25) is 9.21 Å². The molecule has 1 saturated heterocycles. The van der Waals surface area contributed by atoms with Crippen LogP contribution in [-0.2, 0) is 16.6 Å². The van der Waals surface area contributed by atoms with Crippen molar-refractivity contribution in [3.8, 4) is 5.75 Å². The number of benzene rings is 3. The fourth-order valence-electron chi connectivity index (χ4n) is 4.30. The Hall–Kier alpha value is -2.90. The van der Waals surface area contributed by atoms with Gasteiger partial charge in [0, 0.05) is 25.7 Å². The zero-order valence-corrected chi connectivity index (χ0v) is 19.8. The Morgan fingerprint density at radius 3 is 2.30 bits per heavy atom. The molecule has 1 aliphatic heterocycles. The SMILES string of the molecule is COc1cccc(CN2CCC(N(c3ccc(F)cc3)S(=O)(=O)c3ccc(C)cc3)CC2)c1. The summed E-state index contributed by atoms with van der Waals surface area (Å²) in [6, 6.07) is 20.4. The van der Waals surface area contributed by atoms with E-state index in [0.717, 1.165) is 36.5 Å². The monoisotopic (exact) mass is 468 g/mol. The molecule has 33 heavy (non-hydrogen) atoms. The Kier molecular flexibility index (Phi) is 7.00. The molecule has 0 aliphatic carbocycles. The summed E-state index contributed by atoms with van der Waals surface area (Å²) in [6.07, 6.45) is 1.37. The molecule has 174 valence electrons. The zero-order valence-electron chi connectivity index (χ0n) is 18.9. The van der Waals surface area contributed by atoms with Gasteiger partial charge in [0.2, 0.25) is 0 Å². The molecule has 0 bridgehead atoms. The fourth-order valence-corrected chi connectivity index (χ4v) is 6.01. The molecule has 3 aromatic rings. The maximum atomic E-state index is 13.7. The number of rotatable bonds is 7. The van der Waals surface area contributed by atoms with E-state index in [2.05, 4.69) is 11.0 Å². The maximum Gasteiger partial charge on any atom is 0.264 e. The summed E-state index contributed by atoms with van der Waals surface area (Å²) in [5, 5.41) is 0. The molecular weight excluding hydrogens is 439 g/mol. The highest BCUT2D eigenvalue weighted by Gasteiger charge is 2.34. The van der Waals surface area contributed by atoms with Crippen LogP contribution in [0.1, 0.15) is 24.0 Å². The molecule has 0 radical (unpaired) electrons. The minimum atomic E-state index is -3.79. The van der Waals surface area contributed by atoms with Gasteiger partial charge < -0.3 is 4.74 Å². The lowest BCUT2D eigenvalue weighted by molar-refractivity contribution is 0.206. The molecule has 4 rings (SSSR count). The summed E-state index contributed by atoms with van der Waals surface area (Å²) in [5.74, 6) is 0.439. The summed E-state index contributed by atoms with van der Waals surface area (Å²) in [5.41, 5.74) is 2.65. The van der Waals surface area contributed by atoms with Crippen LogP contribution in [0, 0.1) is 12.7 Å². The normalized spacial score (nSPS) is 15.4. The highest BCUT2D eigenvalue weighted by atomic mass is 32.2. The Bertz CT molecular complexity index is 1170. The number of piperidine rings is 1. The van der Waals surface area contributed by atoms with E-state index in [0.29, 0.717) is 18.5 Å². The van der Waals surface area contributed by atoms with Gasteiger partial charge in [-0.15, -0.1) is 0 Å². The lowest BCUT2D eigenvalue weighted by Crippen LogP contribution is -2.47. The van der Waals surface area contributed by atoms with Gasteiger partial charge in [0.15, 0.2) is 0 Å². The van der Waals surface area contributed by atoms with Crippen LogP contribution in [0.5, 0.6) is 5.75 Å². The number of likely N-dealkylation sites (tertiary alicyclic amines) is 1. The Labute approximate surface area is 195 Å². The van der Waals surface area contributed by atoms with Crippen molar-refractivity contribution in [3.63, 3.8) is 0 Å². The Morgan fingerprint density at radius 2 is 1.67 bits per heavy atom. The van der Waals surface area contributed by atoms with Crippen molar-refractivity contribution in [2.45, 2.75) is 37.2 Å². The first kappa shape index (κ1) is 23.3. The van der Waals surface area contributed by atoms with Crippen molar-refractivity contribution in [1.82, 2.24) is 4.90 Å². The second-order valence-electron chi connectivity index (χ2n) is 8.45. The second kappa shape index (κ2) is 9.93. The van der Waals surface area contributed by atoms with Crippen LogP contribution < -0.4 is 9.04 Å². The smallest absolute Gasteiger partial charge is 0.264 e. The standard InChI is InChI=1S/C26H29FN2O3S/c1-20-6-12-26(13-7-20)33(30,31)29(23-10-8-22(27)9-11-23)24-14-16-28(17-15-24)19-21-4-3-5-25(18-21)32-2/h3-13,18,24H,14-17,19H2,1-2H3. The minimum Gasteiger partial charge on any atom is -0.497 e. The van der Waals surface area contributed by atoms with Gasteiger partial charge in [0.05, 0.1) is 17.7 Å². The molecule has 1 heterocycles. The maximum absolute atomic E-state index is 13.7. The number of halogens is 1. The summed E-state index contributed by atoms with van der Waals surface area (Å²) < 4.78 is 47.7. The first-order valence-corrected chi connectivity index (χ1v) is 12.5. The molecule has 0 atom stereocenters. The van der Waals surface area contributed by atoms with E-state index in [1.54, 1.807) is 43.5 Å². The predicted molar refractivity (Wildman–Crippen MR) is 129 cm³/mol. The highest BCUT2D eigenvalue weighted by Crippen LogP contribution is 2.31. The third-order valence-corrected chi connectivity index (χ3v) is 7.98. The van der Waals surface area contributed by atoms with Crippen LogP contribution in [0.25, 0.3) is 0 Å². The van der Waals surface area contributed by atoms with E-state index in [4.69, 9.17) is 4.74 Å². The molecule has 0 amide bonds. The Balaban J connectivity index is 1.55. The third kappa shape index (κ3) is 5.37. The molecule has 0 saturated carbocycles. The average Bonchev–Trinajstić information content (AvgIpc) is 2.82. The molecule has 3 aromatic carbocycles. The number of anilines is 1. The van der Waals surface area contributed by atoms with Crippen LogP contribution in [0.3, 0.4) is 0 Å². The molecule has 0 spiro atoms. The van der Waals surface area contributed by atoms with Crippen molar-refractivity contribution in [1.29, 1.82) is 0 Å². The molecule has 0 N–H and O–H groups in total. The van der Waals surface area contributed by atoms with E-state index >= 15 is 0 Å². The molecule has 0 aromatic heterocycles. The van der Waals surface area contributed by atoms with Crippen molar-refractivity contribution in [2.75, 3.05) is 24.5 Å².